The Balaban J connectivity index is 4.01. The van der Waals surface area contributed by atoms with Crippen molar-refractivity contribution in [2.75, 3.05) is 12.9 Å². The average Bonchev–Trinajstić information content (AvgIpc) is 1.81. The molecule has 0 aliphatic heterocycles. The minimum absolute atomic E-state index is 0.244. The number of sulfone groups is 1. The molecule has 0 aromatic carbocycles. The third-order valence-electron chi connectivity index (χ3n) is 0.784. The van der Waals surface area contributed by atoms with Gasteiger partial charge in [0.1, 0.15) is 0 Å². The Hall–Kier alpha value is -0.390. The third kappa shape index (κ3) is 5.74. The molecule has 0 bridgehead atoms. The summed E-state index contributed by atoms with van der Waals surface area (Å²) in [5, 5.41) is 9.34. The van der Waals surface area contributed by atoms with Crippen LogP contribution in [0.2, 0.25) is 0 Å². The van der Waals surface area contributed by atoms with E-state index in [0.717, 1.165) is 11.7 Å². The van der Waals surface area contributed by atoms with Crippen molar-refractivity contribution in [3.05, 3.63) is 11.5 Å². The van der Waals surface area contributed by atoms with Gasteiger partial charge in [0.15, 0.2) is 9.84 Å². The first-order chi connectivity index (χ1) is 4.45. The molecule has 1 atom stereocenters. The van der Waals surface area contributed by atoms with E-state index in [1.54, 1.807) is 0 Å². The summed E-state index contributed by atoms with van der Waals surface area (Å²) in [6, 6.07) is -0.588. The fourth-order valence-electron chi connectivity index (χ4n) is 0.304. The Morgan fingerprint density at radius 3 is 2.50 bits per heavy atom. The smallest absolute Gasteiger partial charge is 0.168 e. The lowest BCUT2D eigenvalue weighted by atomic mass is 10.3. The van der Waals surface area contributed by atoms with E-state index in [1.165, 1.54) is 6.08 Å². The van der Waals surface area contributed by atoms with Gasteiger partial charge in [-0.3, -0.25) is 0 Å². The molecule has 0 saturated heterocycles. The zero-order valence-corrected chi connectivity index (χ0v) is 6.50. The lowest BCUT2D eigenvalue weighted by Crippen LogP contribution is -2.21. The van der Waals surface area contributed by atoms with Crippen LogP contribution < -0.4 is 5.73 Å². The van der Waals surface area contributed by atoms with Crippen LogP contribution in [0.4, 0.5) is 0 Å². The van der Waals surface area contributed by atoms with Crippen molar-refractivity contribution in [1.82, 2.24) is 0 Å². The molecule has 0 fully saturated rings. The molecule has 0 unspecified atom stereocenters. The maximum Gasteiger partial charge on any atom is 0.168 e. The first-order valence-electron chi connectivity index (χ1n) is 2.70. The molecule has 4 nitrogen and oxygen atoms in total. The Kier molecular flexibility index (Phi) is 3.55. The van der Waals surface area contributed by atoms with Crippen molar-refractivity contribution in [1.29, 1.82) is 0 Å². The highest BCUT2D eigenvalue weighted by atomic mass is 32.2. The van der Waals surface area contributed by atoms with E-state index in [2.05, 4.69) is 0 Å². The third-order valence-corrected chi connectivity index (χ3v) is 1.44. The predicted molar refractivity (Wildman–Crippen MR) is 39.0 cm³/mol. The molecule has 60 valence electrons. The molecular weight excluding hydrogens is 154 g/mol. The highest BCUT2D eigenvalue weighted by Crippen LogP contribution is 1.87. The first kappa shape index (κ1) is 9.61. The fraction of sp³-hybridized carbons (Fsp3) is 0.600. The average molecular weight is 165 g/mol. The summed E-state index contributed by atoms with van der Waals surface area (Å²) in [6.45, 7) is -0.244. The molecule has 0 rings (SSSR count). The summed E-state index contributed by atoms with van der Waals surface area (Å²) in [5.74, 6) is 0. The summed E-state index contributed by atoms with van der Waals surface area (Å²) in [4.78, 5) is 0. The van der Waals surface area contributed by atoms with Crippen LogP contribution in [0.3, 0.4) is 0 Å². The van der Waals surface area contributed by atoms with Gasteiger partial charge in [-0.1, -0.05) is 6.08 Å². The van der Waals surface area contributed by atoms with Crippen LogP contribution in [-0.4, -0.2) is 32.4 Å². The van der Waals surface area contributed by atoms with Gasteiger partial charge in [-0.15, -0.1) is 0 Å². The van der Waals surface area contributed by atoms with Gasteiger partial charge in [0.25, 0.3) is 0 Å². The minimum Gasteiger partial charge on any atom is -0.394 e. The van der Waals surface area contributed by atoms with Gasteiger partial charge in [0.05, 0.1) is 6.61 Å². The molecular formula is C5H11NO3S. The maximum absolute atomic E-state index is 10.4. The van der Waals surface area contributed by atoms with E-state index in [1.807, 2.05) is 0 Å². The van der Waals surface area contributed by atoms with Gasteiger partial charge in [-0.2, -0.15) is 0 Å². The van der Waals surface area contributed by atoms with Gasteiger partial charge < -0.3 is 10.8 Å². The highest BCUT2D eigenvalue weighted by molar-refractivity contribution is 7.93. The lowest BCUT2D eigenvalue weighted by molar-refractivity contribution is 0.284. The second-order valence-corrected chi connectivity index (χ2v) is 3.94. The normalized spacial score (nSPS) is 15.9. The molecule has 0 spiro atoms. The van der Waals surface area contributed by atoms with Gasteiger partial charge in [-0.05, 0) is 0 Å². The number of rotatable bonds is 3. The summed E-state index contributed by atoms with van der Waals surface area (Å²) in [7, 11) is -3.10. The molecule has 0 saturated carbocycles. The lowest BCUT2D eigenvalue weighted by Gasteiger charge is -1.97. The Morgan fingerprint density at radius 2 is 2.20 bits per heavy atom. The molecule has 10 heavy (non-hydrogen) atoms. The quantitative estimate of drug-likeness (QED) is 0.554. The minimum atomic E-state index is -3.10. The molecule has 5 heteroatoms. The van der Waals surface area contributed by atoms with E-state index < -0.39 is 15.9 Å². The Labute approximate surface area is 60.3 Å². The van der Waals surface area contributed by atoms with Crippen molar-refractivity contribution in [2.45, 2.75) is 6.04 Å². The predicted octanol–water partition coefficient (Wildman–Crippen LogP) is -1.14. The van der Waals surface area contributed by atoms with Crippen LogP contribution in [-0.2, 0) is 9.84 Å². The molecule has 3 N–H and O–H groups in total. The zero-order valence-electron chi connectivity index (χ0n) is 5.69. The summed E-state index contributed by atoms with van der Waals surface area (Å²) in [6.07, 6.45) is 2.31. The van der Waals surface area contributed by atoms with Crippen LogP contribution in [0.5, 0.6) is 0 Å². The largest absolute Gasteiger partial charge is 0.394 e. The van der Waals surface area contributed by atoms with Gasteiger partial charge >= 0.3 is 0 Å². The zero-order chi connectivity index (χ0) is 8.20. The fourth-order valence-corrected chi connectivity index (χ4v) is 0.792. The standard InChI is InChI=1S/C5H11NO3S/c1-10(8,9)3-2-5(6)4-7/h2-3,5,7H,4,6H2,1H3/b3-2+/t5-/m1/s1. The Morgan fingerprint density at radius 1 is 1.70 bits per heavy atom. The molecule has 0 heterocycles. The van der Waals surface area contributed by atoms with Crippen molar-refractivity contribution in [3.8, 4) is 0 Å². The van der Waals surface area contributed by atoms with Crippen molar-refractivity contribution < 1.29 is 13.5 Å². The first-order valence-corrected chi connectivity index (χ1v) is 4.66. The molecule has 0 aromatic rings. The van der Waals surface area contributed by atoms with Crippen molar-refractivity contribution in [2.24, 2.45) is 5.73 Å². The van der Waals surface area contributed by atoms with Gasteiger partial charge in [-0.25, -0.2) is 8.42 Å². The number of nitrogens with two attached hydrogens (primary N) is 1. The van der Waals surface area contributed by atoms with Crippen LogP contribution in [0.25, 0.3) is 0 Å². The summed E-state index contributed by atoms with van der Waals surface area (Å²) < 4.78 is 20.9. The highest BCUT2D eigenvalue weighted by Gasteiger charge is 1.96. The van der Waals surface area contributed by atoms with Crippen molar-refractivity contribution in [3.63, 3.8) is 0 Å². The molecule has 0 aromatic heterocycles. The molecule has 0 aliphatic rings. The van der Waals surface area contributed by atoms with Crippen LogP contribution >= 0.6 is 0 Å². The number of aliphatic hydroxyl groups excluding tert-OH is 1. The number of aliphatic hydroxyl groups is 1. The second kappa shape index (κ2) is 3.70. The van der Waals surface area contributed by atoms with Gasteiger partial charge in [0.2, 0.25) is 0 Å². The van der Waals surface area contributed by atoms with Crippen LogP contribution in [0.1, 0.15) is 0 Å². The maximum atomic E-state index is 10.4. The van der Waals surface area contributed by atoms with Crippen molar-refractivity contribution >= 4 is 9.84 Å². The van der Waals surface area contributed by atoms with Gasteiger partial charge in [0, 0.05) is 17.7 Å². The van der Waals surface area contributed by atoms with E-state index in [0.29, 0.717) is 0 Å². The summed E-state index contributed by atoms with van der Waals surface area (Å²) in [5.41, 5.74) is 5.18. The Bertz CT molecular complexity index is 207. The van der Waals surface area contributed by atoms with Crippen LogP contribution in [0, 0.1) is 0 Å². The van der Waals surface area contributed by atoms with E-state index in [4.69, 9.17) is 10.8 Å². The number of hydrogen-bond acceptors (Lipinski definition) is 4. The number of hydrogen-bond donors (Lipinski definition) is 2. The topological polar surface area (TPSA) is 80.4 Å². The van der Waals surface area contributed by atoms with E-state index >= 15 is 0 Å². The second-order valence-electron chi connectivity index (χ2n) is 2.00. The van der Waals surface area contributed by atoms with E-state index in [-0.39, 0.29) is 6.61 Å². The van der Waals surface area contributed by atoms with E-state index in [9.17, 15) is 8.42 Å². The SMILES string of the molecule is CS(=O)(=O)/C=C/[C@@H](N)CO. The summed E-state index contributed by atoms with van der Waals surface area (Å²) >= 11 is 0. The molecule has 0 amide bonds. The van der Waals surface area contributed by atoms with Crippen LogP contribution in [0.15, 0.2) is 11.5 Å². The molecule has 0 radical (unpaired) electrons. The monoisotopic (exact) mass is 165 g/mol. The molecule has 0 aliphatic carbocycles.